The Bertz CT molecular complexity index is 283. The van der Waals surface area contributed by atoms with Crippen LogP contribution in [0.1, 0.15) is 25.7 Å². The summed E-state index contributed by atoms with van der Waals surface area (Å²) in [4.78, 5) is 31.0. The monoisotopic (exact) mass is 292 g/mol. The van der Waals surface area contributed by atoms with Crippen molar-refractivity contribution in [2.45, 2.75) is 37.8 Å². The highest BCUT2D eigenvalue weighted by Gasteiger charge is 2.27. The van der Waals surface area contributed by atoms with E-state index in [1.165, 1.54) is 12.8 Å². The van der Waals surface area contributed by atoms with Crippen LogP contribution in [0.3, 0.4) is 0 Å². The second kappa shape index (κ2) is 6.94. The third kappa shape index (κ3) is 11.0. The zero-order valence-corrected chi connectivity index (χ0v) is 10.8. The highest BCUT2D eigenvalue weighted by molar-refractivity contribution is 7.60. The maximum Gasteiger partial charge on any atom is 0.478 e. The molecule has 9 nitrogen and oxygen atoms in total. The van der Waals surface area contributed by atoms with Gasteiger partial charge in [0.15, 0.2) is 0 Å². The van der Waals surface area contributed by atoms with Crippen molar-refractivity contribution in [3.8, 4) is 0 Å². The molecule has 0 heterocycles. The molecule has 2 unspecified atom stereocenters. The molecule has 0 aliphatic heterocycles. The van der Waals surface area contributed by atoms with Crippen molar-refractivity contribution in [3.05, 3.63) is 0 Å². The van der Waals surface area contributed by atoms with Gasteiger partial charge in [0.25, 0.3) is 0 Å². The zero-order valence-electron chi connectivity index (χ0n) is 9.05. The molecule has 1 saturated carbocycles. The molecule has 0 radical (unpaired) electrons. The number of hydrogen-bond acceptors (Lipinski definition) is 5. The summed E-state index contributed by atoms with van der Waals surface area (Å²) in [5.41, 5.74) is 11.3. The van der Waals surface area contributed by atoms with Crippen molar-refractivity contribution in [1.29, 1.82) is 0 Å². The quantitative estimate of drug-likeness (QED) is 0.363. The Morgan fingerprint density at radius 1 is 0.882 bits per heavy atom. The molecule has 0 saturated heterocycles. The van der Waals surface area contributed by atoms with E-state index in [1.54, 1.807) is 0 Å². The Labute approximate surface area is 98.6 Å². The predicted molar refractivity (Wildman–Crippen MR) is 59.6 cm³/mol. The SMILES string of the molecule is NC1CCCCC1N.O=P(O)(O)OP(=O)(O)O. The van der Waals surface area contributed by atoms with Crippen LogP contribution in [0.5, 0.6) is 0 Å². The van der Waals surface area contributed by atoms with Gasteiger partial charge >= 0.3 is 15.6 Å². The standard InChI is InChI=1S/C6H14N2.H4O7P2/c7-5-3-1-2-4-6(5)8;1-8(2,3)7-9(4,5)6/h5-6H,1-4,7-8H2;(H2,1,2,3)(H2,4,5,6). The van der Waals surface area contributed by atoms with Gasteiger partial charge in [-0.1, -0.05) is 12.8 Å². The van der Waals surface area contributed by atoms with Crippen molar-refractivity contribution in [2.24, 2.45) is 11.5 Å². The molecule has 1 aliphatic rings. The zero-order chi connectivity index (χ0) is 13.7. The molecule has 1 fully saturated rings. The van der Waals surface area contributed by atoms with Gasteiger partial charge in [0, 0.05) is 12.1 Å². The van der Waals surface area contributed by atoms with Crippen molar-refractivity contribution in [2.75, 3.05) is 0 Å². The van der Waals surface area contributed by atoms with E-state index in [-0.39, 0.29) is 12.1 Å². The summed E-state index contributed by atoms with van der Waals surface area (Å²) in [6.07, 6.45) is 4.80. The molecule has 0 amide bonds. The van der Waals surface area contributed by atoms with Crippen LogP contribution in [0.25, 0.3) is 0 Å². The molecule has 8 N–H and O–H groups in total. The molecule has 11 heteroatoms. The topological polar surface area (TPSA) is 176 Å². The van der Waals surface area contributed by atoms with Gasteiger partial charge in [-0.15, -0.1) is 0 Å². The highest BCUT2D eigenvalue weighted by Crippen LogP contribution is 2.53. The Morgan fingerprint density at radius 3 is 1.29 bits per heavy atom. The van der Waals surface area contributed by atoms with E-state index in [4.69, 9.17) is 31.0 Å². The molecule has 0 aromatic rings. The minimum absolute atomic E-state index is 0.281. The minimum Gasteiger partial charge on any atom is -0.326 e. The smallest absolute Gasteiger partial charge is 0.326 e. The fraction of sp³-hybridized carbons (Fsp3) is 1.00. The first kappa shape index (κ1) is 17.2. The van der Waals surface area contributed by atoms with Gasteiger partial charge in [0.2, 0.25) is 0 Å². The fourth-order valence-electron chi connectivity index (χ4n) is 1.33. The summed E-state index contributed by atoms with van der Waals surface area (Å²) in [5, 5.41) is 0. The van der Waals surface area contributed by atoms with Crippen LogP contribution in [0.15, 0.2) is 0 Å². The van der Waals surface area contributed by atoms with Crippen molar-refractivity contribution in [3.63, 3.8) is 0 Å². The largest absolute Gasteiger partial charge is 0.478 e. The van der Waals surface area contributed by atoms with Gasteiger partial charge < -0.3 is 31.0 Å². The van der Waals surface area contributed by atoms with Gasteiger partial charge in [-0.05, 0) is 12.8 Å². The number of rotatable bonds is 2. The lowest BCUT2D eigenvalue weighted by Crippen LogP contribution is -2.43. The molecule has 2 atom stereocenters. The molecular weight excluding hydrogens is 274 g/mol. The summed E-state index contributed by atoms with van der Waals surface area (Å²) in [7, 11) is -10.1. The van der Waals surface area contributed by atoms with Crippen LogP contribution in [-0.4, -0.2) is 31.7 Å². The first-order valence-corrected chi connectivity index (χ1v) is 7.91. The second-order valence-corrected chi connectivity index (χ2v) is 6.29. The first-order chi connectivity index (χ1) is 7.51. The molecule has 1 aliphatic carbocycles. The van der Waals surface area contributed by atoms with Gasteiger partial charge in [-0.25, -0.2) is 9.13 Å². The Morgan fingerprint density at radius 2 is 1.18 bits per heavy atom. The molecule has 0 bridgehead atoms. The van der Waals surface area contributed by atoms with Crippen LogP contribution in [-0.2, 0) is 13.4 Å². The molecular formula is C6H18N2O7P2. The minimum atomic E-state index is -5.05. The summed E-state index contributed by atoms with van der Waals surface area (Å²) in [5.74, 6) is 0. The number of nitrogens with two attached hydrogens (primary N) is 2. The van der Waals surface area contributed by atoms with Gasteiger partial charge in [0.05, 0.1) is 0 Å². The van der Waals surface area contributed by atoms with Crippen molar-refractivity contribution >= 4 is 15.6 Å². The number of hydrogen-bond donors (Lipinski definition) is 6. The summed E-state index contributed by atoms with van der Waals surface area (Å²) in [6.45, 7) is 0. The average Bonchev–Trinajstić information content (AvgIpc) is 2.04. The van der Waals surface area contributed by atoms with E-state index in [0.717, 1.165) is 12.8 Å². The van der Waals surface area contributed by atoms with Crippen molar-refractivity contribution < 1.29 is 33.0 Å². The molecule has 17 heavy (non-hydrogen) atoms. The first-order valence-electron chi connectivity index (χ1n) is 4.85. The van der Waals surface area contributed by atoms with Gasteiger partial charge in [0.1, 0.15) is 0 Å². The third-order valence-electron chi connectivity index (χ3n) is 2.09. The van der Waals surface area contributed by atoms with Gasteiger partial charge in [-0.3, -0.25) is 0 Å². The van der Waals surface area contributed by atoms with Crippen LogP contribution in [0.4, 0.5) is 0 Å². The second-order valence-electron chi connectivity index (χ2n) is 3.67. The van der Waals surface area contributed by atoms with E-state index >= 15 is 0 Å². The Balaban J connectivity index is 0.000000302. The highest BCUT2D eigenvalue weighted by atomic mass is 31.3. The molecule has 0 aromatic carbocycles. The lowest BCUT2D eigenvalue weighted by Gasteiger charge is -2.24. The Hall–Kier alpha value is 0.180. The maximum atomic E-state index is 9.63. The maximum absolute atomic E-state index is 9.63. The fourth-order valence-corrected chi connectivity index (χ4v) is 2.44. The van der Waals surface area contributed by atoms with E-state index in [0.29, 0.717) is 0 Å². The summed E-state index contributed by atoms with van der Waals surface area (Å²) >= 11 is 0. The third-order valence-corrected chi connectivity index (χ3v) is 3.79. The van der Waals surface area contributed by atoms with Crippen molar-refractivity contribution in [1.82, 2.24) is 0 Å². The van der Waals surface area contributed by atoms with Crippen LogP contribution < -0.4 is 11.5 Å². The molecule has 1 rings (SSSR count). The lowest BCUT2D eigenvalue weighted by atomic mass is 9.92. The van der Waals surface area contributed by atoms with E-state index in [2.05, 4.69) is 4.31 Å². The summed E-state index contributed by atoms with van der Waals surface area (Å²) in [6, 6.07) is 0.562. The molecule has 0 aromatic heterocycles. The van der Waals surface area contributed by atoms with Gasteiger partial charge in [-0.2, -0.15) is 4.31 Å². The normalized spacial score (nSPS) is 26.0. The predicted octanol–water partition coefficient (Wildman–Crippen LogP) is -0.597. The van der Waals surface area contributed by atoms with E-state index in [1.807, 2.05) is 0 Å². The summed E-state index contributed by atoms with van der Waals surface area (Å²) < 4.78 is 22.2. The number of phosphoric acid groups is 2. The van der Waals surface area contributed by atoms with E-state index < -0.39 is 15.6 Å². The average molecular weight is 292 g/mol. The molecule has 104 valence electrons. The Kier molecular flexibility index (Phi) is 7.01. The van der Waals surface area contributed by atoms with Crippen LogP contribution >= 0.6 is 15.6 Å². The molecule has 0 spiro atoms. The van der Waals surface area contributed by atoms with Crippen LogP contribution in [0, 0.1) is 0 Å². The van der Waals surface area contributed by atoms with E-state index in [9.17, 15) is 9.13 Å². The lowest BCUT2D eigenvalue weighted by molar-refractivity contribution is 0.225. The van der Waals surface area contributed by atoms with Crippen LogP contribution in [0.2, 0.25) is 0 Å².